The van der Waals surface area contributed by atoms with Crippen LogP contribution in [0.15, 0.2) is 42.6 Å². The predicted octanol–water partition coefficient (Wildman–Crippen LogP) is -1.04. The van der Waals surface area contributed by atoms with E-state index in [1.54, 1.807) is 23.0 Å². The Hall–Kier alpha value is -2.63. The molecule has 0 bridgehead atoms. The summed E-state index contributed by atoms with van der Waals surface area (Å²) < 4.78 is 15.2. The molecule has 2 aromatic heterocycles. The summed E-state index contributed by atoms with van der Waals surface area (Å²) in [5.41, 5.74) is 3.81. The van der Waals surface area contributed by atoms with Gasteiger partial charge in [-0.1, -0.05) is 19.9 Å². The number of hydrogen-bond acceptors (Lipinski definition) is 7. The van der Waals surface area contributed by atoms with Gasteiger partial charge in [-0.25, -0.2) is 9.07 Å². The van der Waals surface area contributed by atoms with Gasteiger partial charge in [0.25, 0.3) is 5.91 Å². The van der Waals surface area contributed by atoms with E-state index in [1.807, 2.05) is 32.9 Å². The van der Waals surface area contributed by atoms with Gasteiger partial charge in [0.15, 0.2) is 5.69 Å². The third kappa shape index (κ3) is 8.71. The number of carboxylic acid groups (broad SMARTS) is 1. The molecule has 2 atom stereocenters. The first-order valence-electron chi connectivity index (χ1n) is 12.2. The number of aromatic nitrogens is 3. The molecule has 0 radical (unpaired) electrons. The van der Waals surface area contributed by atoms with Crippen LogP contribution < -0.4 is 40.0 Å². The molecule has 11 heteroatoms. The molecule has 198 valence electrons. The molecule has 0 spiro atoms. The molecule has 9 nitrogen and oxygen atoms in total. The SMILES string of the molecule is Cc1ccc(CNC(=O)c2nn(-c3ccc(F)cc3)c(CC[C@@H](O)C[C@@H](O)CC(=O)[O-])c2C(C)C)nc1.[Na+]. The minimum atomic E-state index is -1.40. The first kappa shape index (κ1) is 31.6. The number of hydrogen-bond donors (Lipinski definition) is 3. The molecular formula is C27H32FN4NaO5. The van der Waals surface area contributed by atoms with Crippen molar-refractivity contribution in [3.8, 4) is 5.69 Å². The molecule has 0 aliphatic rings. The first-order valence-corrected chi connectivity index (χ1v) is 12.2. The predicted molar refractivity (Wildman–Crippen MR) is 132 cm³/mol. The molecule has 3 aromatic rings. The van der Waals surface area contributed by atoms with Crippen LogP contribution in [0, 0.1) is 12.7 Å². The third-order valence-electron chi connectivity index (χ3n) is 5.95. The van der Waals surface area contributed by atoms with Gasteiger partial charge in [0, 0.05) is 29.8 Å². The van der Waals surface area contributed by atoms with Crippen molar-refractivity contribution in [2.24, 2.45) is 0 Å². The zero-order valence-electron chi connectivity index (χ0n) is 22.1. The first-order chi connectivity index (χ1) is 17.5. The van der Waals surface area contributed by atoms with Crippen molar-refractivity contribution in [1.29, 1.82) is 0 Å². The number of pyridine rings is 1. The van der Waals surface area contributed by atoms with Crippen molar-refractivity contribution in [2.75, 3.05) is 0 Å². The monoisotopic (exact) mass is 534 g/mol. The molecule has 0 aliphatic carbocycles. The van der Waals surface area contributed by atoms with Crippen LogP contribution in [0.25, 0.3) is 5.69 Å². The zero-order chi connectivity index (χ0) is 27.1. The van der Waals surface area contributed by atoms with E-state index in [1.165, 1.54) is 12.1 Å². The number of nitrogens with zero attached hydrogens (tertiary/aromatic N) is 3. The van der Waals surface area contributed by atoms with Crippen molar-refractivity contribution in [3.63, 3.8) is 0 Å². The Morgan fingerprint density at radius 3 is 2.37 bits per heavy atom. The Morgan fingerprint density at radius 2 is 1.79 bits per heavy atom. The molecule has 0 saturated heterocycles. The second kappa shape index (κ2) is 14.5. The van der Waals surface area contributed by atoms with Crippen LogP contribution in [0.4, 0.5) is 4.39 Å². The molecule has 3 N–H and O–H groups in total. The number of carbonyl (C=O) groups excluding carboxylic acids is 2. The van der Waals surface area contributed by atoms with Crippen LogP contribution in [-0.4, -0.2) is 49.1 Å². The maximum atomic E-state index is 13.6. The summed E-state index contributed by atoms with van der Waals surface area (Å²) in [7, 11) is 0. The summed E-state index contributed by atoms with van der Waals surface area (Å²) in [5, 5.41) is 38.4. The Labute approximate surface area is 243 Å². The molecule has 3 rings (SSSR count). The van der Waals surface area contributed by atoms with Gasteiger partial charge in [-0.3, -0.25) is 9.78 Å². The quantitative estimate of drug-likeness (QED) is 0.252. The molecule has 0 saturated carbocycles. The number of carboxylic acids is 1. The van der Waals surface area contributed by atoms with Gasteiger partial charge in [0.1, 0.15) is 5.82 Å². The van der Waals surface area contributed by atoms with Crippen LogP contribution in [0.3, 0.4) is 0 Å². The summed E-state index contributed by atoms with van der Waals surface area (Å²) in [4.78, 5) is 28.2. The van der Waals surface area contributed by atoms with Gasteiger partial charge in [0.2, 0.25) is 0 Å². The maximum absolute atomic E-state index is 13.6. The molecule has 0 fully saturated rings. The molecule has 1 aromatic carbocycles. The van der Waals surface area contributed by atoms with Gasteiger partial charge in [0.05, 0.1) is 30.1 Å². The fourth-order valence-electron chi connectivity index (χ4n) is 4.14. The molecule has 1 amide bonds. The van der Waals surface area contributed by atoms with Gasteiger partial charge >= 0.3 is 29.6 Å². The minimum absolute atomic E-state index is 0. The zero-order valence-corrected chi connectivity index (χ0v) is 24.1. The van der Waals surface area contributed by atoms with E-state index in [9.17, 15) is 29.3 Å². The number of carbonyl (C=O) groups is 2. The normalized spacial score (nSPS) is 12.6. The molecule has 0 aliphatic heterocycles. The number of aliphatic hydroxyl groups is 2. The second-order valence-electron chi connectivity index (χ2n) is 9.42. The van der Waals surface area contributed by atoms with Crippen LogP contribution in [0.5, 0.6) is 0 Å². The summed E-state index contributed by atoms with van der Waals surface area (Å²) >= 11 is 0. The van der Waals surface area contributed by atoms with E-state index >= 15 is 0 Å². The van der Waals surface area contributed by atoms with Gasteiger partial charge in [-0.05, 0) is 68.0 Å². The van der Waals surface area contributed by atoms with Crippen molar-refractivity contribution < 1.29 is 58.9 Å². The smallest absolute Gasteiger partial charge is 0.550 e. The average Bonchev–Trinajstić information content (AvgIpc) is 3.22. The van der Waals surface area contributed by atoms with Gasteiger partial charge < -0.3 is 25.4 Å². The molecule has 0 unspecified atom stereocenters. The minimum Gasteiger partial charge on any atom is -0.550 e. The van der Waals surface area contributed by atoms with Crippen LogP contribution in [0.2, 0.25) is 0 Å². The van der Waals surface area contributed by atoms with Crippen molar-refractivity contribution >= 4 is 11.9 Å². The van der Waals surface area contributed by atoms with E-state index < -0.39 is 36.3 Å². The van der Waals surface area contributed by atoms with E-state index in [-0.39, 0.29) is 67.0 Å². The van der Waals surface area contributed by atoms with E-state index in [4.69, 9.17) is 0 Å². The van der Waals surface area contributed by atoms with Crippen LogP contribution in [0.1, 0.15) is 72.0 Å². The summed E-state index contributed by atoms with van der Waals surface area (Å²) in [6.07, 6.45) is -0.736. The number of halogens is 1. The number of nitrogens with one attached hydrogen (secondary N) is 1. The van der Waals surface area contributed by atoms with Crippen LogP contribution >= 0.6 is 0 Å². The Bertz CT molecular complexity index is 1220. The number of aryl methyl sites for hydroxylation is 1. The summed E-state index contributed by atoms with van der Waals surface area (Å²) in [6, 6.07) is 9.43. The topological polar surface area (TPSA) is 140 Å². The Balaban J connectivity index is 0.00000507. The molecule has 2 heterocycles. The largest absolute Gasteiger partial charge is 1.00 e. The van der Waals surface area contributed by atoms with E-state index in [0.29, 0.717) is 22.6 Å². The number of aliphatic hydroxyl groups excluding tert-OH is 2. The fourth-order valence-corrected chi connectivity index (χ4v) is 4.14. The maximum Gasteiger partial charge on any atom is 1.00 e. The molecular weight excluding hydrogens is 502 g/mol. The van der Waals surface area contributed by atoms with Crippen LogP contribution in [-0.2, 0) is 17.8 Å². The second-order valence-corrected chi connectivity index (χ2v) is 9.42. The average molecular weight is 535 g/mol. The van der Waals surface area contributed by atoms with Crippen molar-refractivity contribution in [1.82, 2.24) is 20.1 Å². The number of aliphatic carboxylic acids is 1. The summed E-state index contributed by atoms with van der Waals surface area (Å²) in [6.45, 7) is 5.99. The number of benzene rings is 1. The number of amides is 1. The van der Waals surface area contributed by atoms with Gasteiger partial charge in [-0.2, -0.15) is 5.10 Å². The van der Waals surface area contributed by atoms with Crippen molar-refractivity contribution in [3.05, 3.63) is 76.6 Å². The van der Waals surface area contributed by atoms with Gasteiger partial charge in [-0.15, -0.1) is 0 Å². The Morgan fingerprint density at radius 1 is 1.11 bits per heavy atom. The molecule has 38 heavy (non-hydrogen) atoms. The third-order valence-corrected chi connectivity index (χ3v) is 5.95. The van der Waals surface area contributed by atoms with E-state index in [2.05, 4.69) is 15.4 Å². The van der Waals surface area contributed by atoms with E-state index in [0.717, 1.165) is 5.56 Å². The fraction of sp³-hybridized carbons (Fsp3) is 0.407. The summed E-state index contributed by atoms with van der Waals surface area (Å²) in [5.74, 6) is -2.31. The standard InChI is InChI=1S/C27H33FN4O5.Na/c1-16(2)25-23(11-10-21(33)12-22(34)13-24(35)36)32(20-8-5-18(28)6-9-20)31-26(25)27(37)30-15-19-7-4-17(3)14-29-19;/h4-9,14,16,21-22,33-34H,10-13,15H2,1-3H3,(H,30,37)(H,35,36);/q;+1/p-1/t21-,22-;/m1./s1. The van der Waals surface area contributed by atoms with Crippen molar-refractivity contribution in [2.45, 2.75) is 71.1 Å². The number of rotatable bonds is 12. The Kier molecular flexibility index (Phi) is 12.1.